The number of likely N-dealkylation sites (tertiary alicyclic amines) is 1. The molecule has 0 spiro atoms. The maximum atomic E-state index is 12.7. The number of ether oxygens (including phenoxy) is 1. The first-order valence-electron chi connectivity index (χ1n) is 11.0. The van der Waals surface area contributed by atoms with Crippen molar-refractivity contribution in [3.63, 3.8) is 0 Å². The van der Waals surface area contributed by atoms with E-state index in [0.29, 0.717) is 12.5 Å². The van der Waals surface area contributed by atoms with Crippen LogP contribution < -0.4 is 0 Å². The number of rotatable bonds is 4. The van der Waals surface area contributed by atoms with Gasteiger partial charge in [-0.3, -0.25) is 9.69 Å². The molecule has 1 aromatic carbocycles. The molecule has 162 valence electrons. The number of hydrogen-bond acceptors (Lipinski definition) is 5. The van der Waals surface area contributed by atoms with Crippen molar-refractivity contribution in [3.8, 4) is 0 Å². The lowest BCUT2D eigenvalue weighted by atomic mass is 9.78. The highest BCUT2D eigenvalue weighted by molar-refractivity contribution is 7.09. The second-order valence-electron chi connectivity index (χ2n) is 9.59. The summed E-state index contributed by atoms with van der Waals surface area (Å²) in [5.41, 5.74) is 0.629. The minimum absolute atomic E-state index is 0.250. The highest BCUT2D eigenvalue weighted by Gasteiger charge is 2.48. The molecule has 2 fully saturated rings. The maximum absolute atomic E-state index is 12.7. The van der Waals surface area contributed by atoms with E-state index in [9.17, 15) is 4.79 Å². The molecule has 1 atom stereocenters. The number of piperidine rings is 1. The van der Waals surface area contributed by atoms with Crippen molar-refractivity contribution in [2.75, 3.05) is 32.8 Å². The Hall–Kier alpha value is -1.76. The van der Waals surface area contributed by atoms with E-state index in [0.717, 1.165) is 50.6 Å². The summed E-state index contributed by atoms with van der Waals surface area (Å²) in [6, 6.07) is 10.7. The molecule has 5 nitrogen and oxygen atoms in total. The molecule has 0 radical (unpaired) electrons. The standard InChI is InChI=1S/C24H33N3O2S/c1-23(2,3)22(28)27-12-9-20(10-13-27)24(21-25-11-16-30-21)18-26(14-15-29-24)17-19-7-5-4-6-8-19/h4-8,11,16,20H,9-10,12-15,17-18H2,1-3H3/t24-/m1/s1. The summed E-state index contributed by atoms with van der Waals surface area (Å²) in [6.07, 6.45) is 3.81. The van der Waals surface area contributed by atoms with Crippen LogP contribution >= 0.6 is 11.3 Å². The Balaban J connectivity index is 1.52. The van der Waals surface area contributed by atoms with Gasteiger partial charge in [-0.1, -0.05) is 51.1 Å². The normalized spacial score (nSPS) is 24.2. The van der Waals surface area contributed by atoms with Gasteiger partial charge in [0.1, 0.15) is 10.6 Å². The van der Waals surface area contributed by atoms with Crippen LogP contribution in [-0.2, 0) is 21.7 Å². The number of carbonyl (C=O) groups is 1. The predicted octanol–water partition coefficient (Wildman–Crippen LogP) is 4.16. The molecule has 4 rings (SSSR count). The Morgan fingerprint density at radius 3 is 2.57 bits per heavy atom. The van der Waals surface area contributed by atoms with Crippen LogP contribution in [0.1, 0.15) is 44.2 Å². The number of aromatic nitrogens is 1. The fourth-order valence-electron chi connectivity index (χ4n) is 4.80. The molecule has 2 aliphatic heterocycles. The lowest BCUT2D eigenvalue weighted by Gasteiger charge is -2.49. The lowest BCUT2D eigenvalue weighted by Crippen LogP contribution is -2.56. The van der Waals surface area contributed by atoms with Crippen molar-refractivity contribution in [1.29, 1.82) is 0 Å². The summed E-state index contributed by atoms with van der Waals surface area (Å²) in [4.78, 5) is 22.0. The van der Waals surface area contributed by atoms with Gasteiger partial charge in [-0.2, -0.15) is 0 Å². The van der Waals surface area contributed by atoms with Crippen LogP contribution in [0.25, 0.3) is 0 Å². The fourth-order valence-corrected chi connectivity index (χ4v) is 5.66. The topological polar surface area (TPSA) is 45.7 Å². The highest BCUT2D eigenvalue weighted by Crippen LogP contribution is 2.43. The van der Waals surface area contributed by atoms with E-state index < -0.39 is 0 Å². The third kappa shape index (κ3) is 4.46. The monoisotopic (exact) mass is 427 g/mol. The van der Waals surface area contributed by atoms with Crippen LogP contribution in [0.2, 0.25) is 0 Å². The molecule has 0 bridgehead atoms. The predicted molar refractivity (Wildman–Crippen MR) is 120 cm³/mol. The number of morpholine rings is 1. The molecule has 0 unspecified atom stereocenters. The van der Waals surface area contributed by atoms with E-state index >= 15 is 0 Å². The molecule has 6 heteroatoms. The number of benzene rings is 1. The van der Waals surface area contributed by atoms with Gasteiger partial charge < -0.3 is 9.64 Å². The van der Waals surface area contributed by atoms with Crippen LogP contribution in [0.3, 0.4) is 0 Å². The van der Waals surface area contributed by atoms with Crippen LogP contribution in [0.5, 0.6) is 0 Å². The van der Waals surface area contributed by atoms with Crippen molar-refractivity contribution in [3.05, 3.63) is 52.5 Å². The summed E-state index contributed by atoms with van der Waals surface area (Å²) < 4.78 is 6.58. The van der Waals surface area contributed by atoms with E-state index in [1.54, 1.807) is 11.3 Å². The fraction of sp³-hybridized carbons (Fsp3) is 0.583. The first kappa shape index (κ1) is 21.5. The quantitative estimate of drug-likeness (QED) is 0.735. The van der Waals surface area contributed by atoms with E-state index in [-0.39, 0.29) is 16.9 Å². The smallest absolute Gasteiger partial charge is 0.227 e. The Morgan fingerprint density at radius 1 is 1.20 bits per heavy atom. The zero-order chi connectivity index (χ0) is 21.2. The molecular formula is C24H33N3O2S. The summed E-state index contributed by atoms with van der Waals surface area (Å²) in [5.74, 6) is 0.616. The van der Waals surface area contributed by atoms with Crippen molar-refractivity contribution >= 4 is 17.2 Å². The molecule has 2 aromatic rings. The van der Waals surface area contributed by atoms with Crippen molar-refractivity contribution in [1.82, 2.24) is 14.8 Å². The number of nitrogens with zero attached hydrogens (tertiary/aromatic N) is 3. The average Bonchev–Trinajstić information content (AvgIpc) is 3.29. The summed E-state index contributed by atoms with van der Waals surface area (Å²) in [6.45, 7) is 11.0. The van der Waals surface area contributed by atoms with Crippen LogP contribution in [0.15, 0.2) is 41.9 Å². The zero-order valence-corrected chi connectivity index (χ0v) is 19.2. The van der Waals surface area contributed by atoms with Gasteiger partial charge in [0.25, 0.3) is 0 Å². The molecule has 2 saturated heterocycles. The Morgan fingerprint density at radius 2 is 1.93 bits per heavy atom. The highest BCUT2D eigenvalue weighted by atomic mass is 32.1. The largest absolute Gasteiger partial charge is 0.365 e. The number of thiazole rings is 1. The Bertz CT molecular complexity index is 826. The van der Waals surface area contributed by atoms with E-state index in [1.165, 1.54) is 5.56 Å². The third-order valence-corrected chi connectivity index (χ3v) is 7.28. The van der Waals surface area contributed by atoms with Crippen LogP contribution in [0.4, 0.5) is 0 Å². The average molecular weight is 428 g/mol. The molecule has 2 aliphatic rings. The second kappa shape index (κ2) is 8.77. The van der Waals surface area contributed by atoms with Gasteiger partial charge in [0.2, 0.25) is 5.91 Å². The van der Waals surface area contributed by atoms with Crippen molar-refractivity contribution in [2.24, 2.45) is 11.3 Å². The van der Waals surface area contributed by atoms with Gasteiger partial charge in [0.15, 0.2) is 0 Å². The molecule has 3 heterocycles. The number of carbonyl (C=O) groups excluding carboxylic acids is 1. The van der Waals surface area contributed by atoms with Gasteiger partial charge >= 0.3 is 0 Å². The van der Waals surface area contributed by atoms with Gasteiger partial charge in [0, 0.05) is 49.7 Å². The second-order valence-corrected chi connectivity index (χ2v) is 10.5. The number of amides is 1. The minimum Gasteiger partial charge on any atom is -0.365 e. The summed E-state index contributed by atoms with van der Waals surface area (Å²) in [5, 5.41) is 3.13. The summed E-state index contributed by atoms with van der Waals surface area (Å²) in [7, 11) is 0. The maximum Gasteiger partial charge on any atom is 0.227 e. The first-order chi connectivity index (χ1) is 14.4. The molecule has 0 N–H and O–H groups in total. The van der Waals surface area contributed by atoms with Gasteiger partial charge in [-0.15, -0.1) is 11.3 Å². The first-order valence-corrected chi connectivity index (χ1v) is 11.9. The minimum atomic E-state index is -0.377. The Labute approximate surface area is 184 Å². The molecule has 0 aliphatic carbocycles. The van der Waals surface area contributed by atoms with Crippen LogP contribution in [-0.4, -0.2) is 53.5 Å². The van der Waals surface area contributed by atoms with Crippen LogP contribution in [0, 0.1) is 11.3 Å². The van der Waals surface area contributed by atoms with Gasteiger partial charge in [-0.05, 0) is 24.3 Å². The molecule has 0 saturated carbocycles. The zero-order valence-electron chi connectivity index (χ0n) is 18.3. The van der Waals surface area contributed by atoms with Crippen molar-refractivity contribution < 1.29 is 9.53 Å². The number of hydrogen-bond donors (Lipinski definition) is 0. The van der Waals surface area contributed by atoms with E-state index in [4.69, 9.17) is 9.72 Å². The Kier molecular flexibility index (Phi) is 6.28. The molecule has 1 aromatic heterocycles. The summed E-state index contributed by atoms with van der Waals surface area (Å²) >= 11 is 1.70. The third-order valence-electron chi connectivity index (χ3n) is 6.35. The van der Waals surface area contributed by atoms with Gasteiger partial charge in [-0.25, -0.2) is 4.98 Å². The molecular weight excluding hydrogens is 394 g/mol. The van der Waals surface area contributed by atoms with Crippen molar-refractivity contribution in [2.45, 2.75) is 45.8 Å². The van der Waals surface area contributed by atoms with E-state index in [1.807, 2.05) is 31.9 Å². The SMILES string of the molecule is CC(C)(C)C(=O)N1CCC([C@@]2(c3nccs3)CN(Cc3ccccc3)CCO2)CC1. The molecule has 30 heavy (non-hydrogen) atoms. The van der Waals surface area contributed by atoms with E-state index in [2.05, 4.69) is 40.6 Å². The molecule has 1 amide bonds. The lowest BCUT2D eigenvalue weighted by molar-refractivity contribution is -0.164. The van der Waals surface area contributed by atoms with Gasteiger partial charge in [0.05, 0.1) is 6.61 Å².